The summed E-state index contributed by atoms with van der Waals surface area (Å²) in [5.74, 6) is 1.53. The molecule has 1 aliphatic carbocycles. The minimum absolute atomic E-state index is 0.696. The second-order valence-electron chi connectivity index (χ2n) is 5.82. The molecule has 1 aromatic carbocycles. The fraction of sp³-hybridized carbons (Fsp3) is 0.333. The van der Waals surface area contributed by atoms with Crippen LogP contribution in [0.5, 0.6) is 0 Å². The van der Waals surface area contributed by atoms with Gasteiger partial charge in [-0.1, -0.05) is 35.0 Å². The molecule has 0 aliphatic heterocycles. The van der Waals surface area contributed by atoms with Gasteiger partial charge in [0.15, 0.2) is 0 Å². The summed E-state index contributed by atoms with van der Waals surface area (Å²) in [4.78, 5) is 4.78. The van der Waals surface area contributed by atoms with E-state index in [0.717, 1.165) is 33.7 Å². The number of thioether (sulfide) groups is 1. The molecule has 1 aliphatic rings. The molecule has 0 amide bonds. The molecule has 0 fully saturated rings. The third-order valence-corrected chi connectivity index (χ3v) is 5.60. The second kappa shape index (κ2) is 6.85. The van der Waals surface area contributed by atoms with Crippen LogP contribution in [0.3, 0.4) is 0 Å². The summed E-state index contributed by atoms with van der Waals surface area (Å²) >= 11 is 5.10. The summed E-state index contributed by atoms with van der Waals surface area (Å²) in [6, 6.07) is 12.7. The summed E-state index contributed by atoms with van der Waals surface area (Å²) in [7, 11) is 0. The first-order valence-electron chi connectivity index (χ1n) is 7.46. The number of nitriles is 1. The number of halogens is 1. The normalized spacial score (nSPS) is 16.9. The smallest absolute Gasteiger partial charge is 0.114 e. The third kappa shape index (κ3) is 3.53. The first kappa shape index (κ1) is 15.6. The molecular weight excluding hydrogens is 356 g/mol. The molecule has 0 saturated carbocycles. The number of nitrogens with zero attached hydrogens (tertiary/aromatic N) is 2. The molecule has 1 unspecified atom stereocenters. The Morgan fingerprint density at radius 2 is 2.14 bits per heavy atom. The van der Waals surface area contributed by atoms with Gasteiger partial charge in [-0.2, -0.15) is 5.26 Å². The lowest BCUT2D eigenvalue weighted by Gasteiger charge is -2.21. The summed E-state index contributed by atoms with van der Waals surface area (Å²) in [6.07, 6.45) is 3.28. The Kier molecular flexibility index (Phi) is 4.85. The van der Waals surface area contributed by atoms with E-state index in [1.54, 1.807) is 11.8 Å². The highest BCUT2D eigenvalue weighted by molar-refractivity contribution is 9.10. The third-order valence-electron chi connectivity index (χ3n) is 4.01. The van der Waals surface area contributed by atoms with E-state index >= 15 is 0 Å². The Labute approximate surface area is 144 Å². The fourth-order valence-electron chi connectivity index (χ4n) is 2.75. The molecule has 112 valence electrons. The van der Waals surface area contributed by atoms with E-state index in [1.807, 2.05) is 12.1 Å². The van der Waals surface area contributed by atoms with E-state index in [4.69, 9.17) is 4.98 Å². The van der Waals surface area contributed by atoms with E-state index < -0.39 is 0 Å². The zero-order valence-corrected chi connectivity index (χ0v) is 14.9. The summed E-state index contributed by atoms with van der Waals surface area (Å²) in [5, 5.41) is 10.3. The Bertz CT molecular complexity index is 719. The number of aromatic nitrogens is 1. The van der Waals surface area contributed by atoms with Crippen molar-refractivity contribution in [1.29, 1.82) is 5.26 Å². The minimum Gasteiger partial charge on any atom is -0.245 e. The number of hydrogen-bond donors (Lipinski definition) is 0. The SMILES string of the molecule is CC1CCc2nc(SCc3ccc(Br)cc3)c(C#N)cc2C1. The molecule has 2 aromatic rings. The van der Waals surface area contributed by atoms with Crippen molar-refractivity contribution in [2.24, 2.45) is 5.92 Å². The van der Waals surface area contributed by atoms with Crippen LogP contribution in [-0.2, 0) is 18.6 Å². The van der Waals surface area contributed by atoms with Gasteiger partial charge in [-0.05, 0) is 54.5 Å². The van der Waals surface area contributed by atoms with Crippen molar-refractivity contribution in [2.45, 2.75) is 37.0 Å². The van der Waals surface area contributed by atoms with Crippen molar-refractivity contribution in [3.63, 3.8) is 0 Å². The van der Waals surface area contributed by atoms with Crippen LogP contribution in [0, 0.1) is 17.2 Å². The van der Waals surface area contributed by atoms with Gasteiger partial charge in [0.1, 0.15) is 11.1 Å². The maximum Gasteiger partial charge on any atom is 0.114 e. The number of pyridine rings is 1. The Morgan fingerprint density at radius 1 is 1.36 bits per heavy atom. The van der Waals surface area contributed by atoms with Gasteiger partial charge in [0, 0.05) is 15.9 Å². The molecule has 1 aromatic heterocycles. The van der Waals surface area contributed by atoms with Crippen molar-refractivity contribution in [3.8, 4) is 6.07 Å². The Morgan fingerprint density at radius 3 is 2.86 bits per heavy atom. The van der Waals surface area contributed by atoms with Crippen molar-refractivity contribution < 1.29 is 0 Å². The molecule has 3 rings (SSSR count). The fourth-order valence-corrected chi connectivity index (χ4v) is 3.95. The highest BCUT2D eigenvalue weighted by Gasteiger charge is 2.19. The molecule has 0 spiro atoms. The average molecular weight is 373 g/mol. The quantitative estimate of drug-likeness (QED) is 0.700. The Hall–Kier alpha value is -1.31. The maximum atomic E-state index is 9.41. The van der Waals surface area contributed by atoms with Crippen LogP contribution >= 0.6 is 27.7 Å². The van der Waals surface area contributed by atoms with Crippen LogP contribution in [0.15, 0.2) is 39.8 Å². The van der Waals surface area contributed by atoms with Crippen molar-refractivity contribution in [3.05, 3.63) is 57.2 Å². The molecule has 1 atom stereocenters. The first-order valence-corrected chi connectivity index (χ1v) is 9.23. The average Bonchev–Trinajstić information content (AvgIpc) is 2.53. The minimum atomic E-state index is 0.696. The van der Waals surface area contributed by atoms with Gasteiger partial charge in [0.05, 0.1) is 5.56 Å². The van der Waals surface area contributed by atoms with Crippen LogP contribution in [0.4, 0.5) is 0 Å². The van der Waals surface area contributed by atoms with E-state index in [2.05, 4.69) is 47.1 Å². The van der Waals surface area contributed by atoms with Crippen LogP contribution < -0.4 is 0 Å². The van der Waals surface area contributed by atoms with Gasteiger partial charge >= 0.3 is 0 Å². The predicted octanol–water partition coefficient (Wildman–Crippen LogP) is 5.13. The highest BCUT2D eigenvalue weighted by Crippen LogP contribution is 2.31. The number of fused-ring (bicyclic) bond motifs is 1. The molecule has 4 heteroatoms. The maximum absolute atomic E-state index is 9.41. The van der Waals surface area contributed by atoms with E-state index in [-0.39, 0.29) is 0 Å². The van der Waals surface area contributed by atoms with Gasteiger partial charge in [0.25, 0.3) is 0 Å². The van der Waals surface area contributed by atoms with Crippen LogP contribution in [0.25, 0.3) is 0 Å². The summed E-state index contributed by atoms with van der Waals surface area (Å²) < 4.78 is 1.08. The topological polar surface area (TPSA) is 36.7 Å². The van der Waals surface area contributed by atoms with Gasteiger partial charge in [-0.15, -0.1) is 11.8 Å². The van der Waals surface area contributed by atoms with E-state index in [9.17, 15) is 5.26 Å². The van der Waals surface area contributed by atoms with E-state index in [0.29, 0.717) is 5.92 Å². The van der Waals surface area contributed by atoms with Crippen LogP contribution in [-0.4, -0.2) is 4.98 Å². The zero-order valence-electron chi connectivity index (χ0n) is 12.5. The molecule has 0 N–H and O–H groups in total. The lowest BCUT2D eigenvalue weighted by Crippen LogP contribution is -2.14. The molecule has 0 bridgehead atoms. The largest absolute Gasteiger partial charge is 0.245 e. The second-order valence-corrected chi connectivity index (χ2v) is 7.70. The van der Waals surface area contributed by atoms with Crippen molar-refractivity contribution in [1.82, 2.24) is 4.98 Å². The standard InChI is InChI=1S/C18H17BrN2S/c1-12-2-7-17-14(8-12)9-15(10-20)18(21-17)22-11-13-3-5-16(19)6-4-13/h3-6,9,12H,2,7-8,11H2,1H3. The van der Waals surface area contributed by atoms with Crippen LogP contribution in [0.1, 0.15) is 35.7 Å². The van der Waals surface area contributed by atoms with Gasteiger partial charge < -0.3 is 0 Å². The van der Waals surface area contributed by atoms with Gasteiger partial charge in [-0.3, -0.25) is 0 Å². The number of rotatable bonds is 3. The van der Waals surface area contributed by atoms with Gasteiger partial charge in [-0.25, -0.2) is 4.98 Å². The molecule has 1 heterocycles. The summed E-state index contributed by atoms with van der Waals surface area (Å²) in [5.41, 5.74) is 4.42. The number of hydrogen-bond acceptors (Lipinski definition) is 3. The van der Waals surface area contributed by atoms with E-state index in [1.165, 1.54) is 23.2 Å². The molecule has 0 saturated heterocycles. The predicted molar refractivity (Wildman–Crippen MR) is 93.8 cm³/mol. The van der Waals surface area contributed by atoms with Crippen molar-refractivity contribution in [2.75, 3.05) is 0 Å². The number of aryl methyl sites for hydroxylation is 1. The monoisotopic (exact) mass is 372 g/mol. The van der Waals surface area contributed by atoms with Gasteiger partial charge in [0.2, 0.25) is 0 Å². The molecular formula is C18H17BrN2S. The lowest BCUT2D eigenvalue weighted by atomic mass is 9.87. The molecule has 22 heavy (non-hydrogen) atoms. The van der Waals surface area contributed by atoms with Crippen LogP contribution in [0.2, 0.25) is 0 Å². The molecule has 2 nitrogen and oxygen atoms in total. The van der Waals surface area contributed by atoms with Crippen molar-refractivity contribution >= 4 is 27.7 Å². The molecule has 0 radical (unpaired) electrons. The first-order chi connectivity index (χ1) is 10.7. The highest BCUT2D eigenvalue weighted by atomic mass is 79.9. The Balaban J connectivity index is 1.81. The zero-order chi connectivity index (χ0) is 15.5. The number of benzene rings is 1. The lowest BCUT2D eigenvalue weighted by molar-refractivity contribution is 0.491. The summed E-state index contributed by atoms with van der Waals surface area (Å²) in [6.45, 7) is 2.27.